The van der Waals surface area contributed by atoms with Crippen molar-refractivity contribution < 1.29 is 0 Å². The number of nitrogens with zero attached hydrogens (tertiary/aromatic N) is 3. The van der Waals surface area contributed by atoms with E-state index in [-0.39, 0.29) is 0 Å². The van der Waals surface area contributed by atoms with E-state index < -0.39 is 0 Å². The van der Waals surface area contributed by atoms with Crippen molar-refractivity contribution >= 4 is 5.95 Å². The second kappa shape index (κ2) is 3.73. The molecule has 0 radical (unpaired) electrons. The Morgan fingerprint density at radius 2 is 2.07 bits per heavy atom. The third kappa shape index (κ3) is 2.15. The minimum atomic E-state index is 0.318. The molecule has 2 aromatic rings. The molecular formula is C11H14N4. The van der Waals surface area contributed by atoms with Crippen LogP contribution in [0.5, 0.6) is 0 Å². The van der Waals surface area contributed by atoms with Crippen LogP contribution in [0.4, 0.5) is 5.95 Å². The Kier molecular flexibility index (Phi) is 2.41. The maximum Gasteiger partial charge on any atom is 0.239 e. The molecule has 1 aromatic heterocycles. The van der Waals surface area contributed by atoms with Crippen LogP contribution < -0.4 is 5.73 Å². The summed E-state index contributed by atoms with van der Waals surface area (Å²) >= 11 is 0. The molecule has 0 aliphatic heterocycles. The Morgan fingerprint density at radius 3 is 2.67 bits per heavy atom. The smallest absolute Gasteiger partial charge is 0.239 e. The fourth-order valence-corrected chi connectivity index (χ4v) is 1.47. The average Bonchev–Trinajstić information content (AvgIpc) is 2.58. The molecule has 0 aliphatic rings. The first-order valence-corrected chi connectivity index (χ1v) is 4.86. The van der Waals surface area contributed by atoms with E-state index in [1.807, 2.05) is 0 Å². The van der Waals surface area contributed by atoms with E-state index in [1.54, 1.807) is 11.0 Å². The van der Waals surface area contributed by atoms with Crippen molar-refractivity contribution in [1.29, 1.82) is 0 Å². The largest absolute Gasteiger partial charge is 0.367 e. The fourth-order valence-electron chi connectivity index (χ4n) is 1.47. The van der Waals surface area contributed by atoms with Crippen LogP contribution in [0, 0.1) is 13.8 Å². The van der Waals surface area contributed by atoms with Gasteiger partial charge in [0.2, 0.25) is 5.95 Å². The number of benzene rings is 1. The molecule has 0 unspecified atom stereocenters. The van der Waals surface area contributed by atoms with Crippen LogP contribution in [0.3, 0.4) is 0 Å². The van der Waals surface area contributed by atoms with Gasteiger partial charge in [-0.3, -0.25) is 0 Å². The van der Waals surface area contributed by atoms with Gasteiger partial charge in [-0.25, -0.2) is 9.67 Å². The molecule has 1 heterocycles. The first kappa shape index (κ1) is 9.71. The number of aromatic nitrogens is 3. The van der Waals surface area contributed by atoms with Crippen LogP contribution in [0.25, 0.3) is 0 Å². The molecule has 0 saturated heterocycles. The van der Waals surface area contributed by atoms with Gasteiger partial charge in [-0.05, 0) is 30.5 Å². The molecule has 15 heavy (non-hydrogen) atoms. The Labute approximate surface area is 88.8 Å². The number of nitrogens with two attached hydrogens (primary N) is 1. The van der Waals surface area contributed by atoms with Crippen molar-refractivity contribution in [3.05, 3.63) is 41.2 Å². The fraction of sp³-hybridized carbons (Fsp3) is 0.273. The SMILES string of the molecule is Cc1ccc(Cn2cnc(N)n2)cc1C. The van der Waals surface area contributed by atoms with Gasteiger partial charge in [0.05, 0.1) is 6.54 Å². The van der Waals surface area contributed by atoms with E-state index in [1.165, 1.54) is 16.7 Å². The Hall–Kier alpha value is -1.84. The number of nitrogen functional groups attached to an aromatic ring is 1. The molecule has 0 aliphatic carbocycles. The van der Waals surface area contributed by atoms with Crippen LogP contribution in [0.2, 0.25) is 0 Å². The standard InChI is InChI=1S/C11H14N4/c1-8-3-4-10(5-9(8)2)6-15-7-13-11(12)14-15/h3-5,7H,6H2,1-2H3,(H2,12,14). The van der Waals surface area contributed by atoms with Crippen LogP contribution in [-0.2, 0) is 6.54 Å². The quantitative estimate of drug-likeness (QED) is 0.803. The van der Waals surface area contributed by atoms with Crippen LogP contribution in [0.15, 0.2) is 24.5 Å². The average molecular weight is 202 g/mol. The summed E-state index contributed by atoms with van der Waals surface area (Å²) in [6, 6.07) is 6.37. The van der Waals surface area contributed by atoms with Crippen LogP contribution in [0.1, 0.15) is 16.7 Å². The number of hydrogen-bond donors (Lipinski definition) is 1. The van der Waals surface area contributed by atoms with Gasteiger partial charge in [-0.1, -0.05) is 18.2 Å². The van der Waals surface area contributed by atoms with Crippen molar-refractivity contribution in [2.75, 3.05) is 5.73 Å². The zero-order chi connectivity index (χ0) is 10.8. The zero-order valence-corrected chi connectivity index (χ0v) is 8.94. The Balaban J connectivity index is 2.21. The molecular weight excluding hydrogens is 188 g/mol. The molecule has 4 heteroatoms. The highest BCUT2D eigenvalue weighted by molar-refractivity contribution is 5.30. The number of aryl methyl sites for hydroxylation is 2. The molecule has 0 amide bonds. The van der Waals surface area contributed by atoms with Gasteiger partial charge in [0.1, 0.15) is 6.33 Å². The van der Waals surface area contributed by atoms with E-state index in [2.05, 4.69) is 42.1 Å². The second-order valence-corrected chi connectivity index (χ2v) is 3.72. The van der Waals surface area contributed by atoms with Crippen LogP contribution >= 0.6 is 0 Å². The minimum absolute atomic E-state index is 0.318. The zero-order valence-electron chi connectivity index (χ0n) is 8.94. The van der Waals surface area contributed by atoms with E-state index in [0.29, 0.717) is 12.5 Å². The maximum absolute atomic E-state index is 5.44. The summed E-state index contributed by atoms with van der Waals surface area (Å²) in [7, 11) is 0. The topological polar surface area (TPSA) is 56.7 Å². The normalized spacial score (nSPS) is 10.5. The Bertz CT molecular complexity index is 473. The third-order valence-electron chi connectivity index (χ3n) is 2.47. The van der Waals surface area contributed by atoms with Gasteiger partial charge in [0.15, 0.2) is 0 Å². The molecule has 1 aromatic carbocycles. The molecule has 0 fully saturated rings. The predicted molar refractivity (Wildman–Crippen MR) is 59.5 cm³/mol. The van der Waals surface area contributed by atoms with E-state index in [9.17, 15) is 0 Å². The molecule has 0 atom stereocenters. The highest BCUT2D eigenvalue weighted by Gasteiger charge is 1.99. The predicted octanol–water partition coefficient (Wildman–Crippen LogP) is 1.53. The van der Waals surface area contributed by atoms with Gasteiger partial charge >= 0.3 is 0 Å². The van der Waals surface area contributed by atoms with Gasteiger partial charge in [-0.15, -0.1) is 5.10 Å². The number of anilines is 1. The van der Waals surface area contributed by atoms with E-state index in [4.69, 9.17) is 5.73 Å². The molecule has 78 valence electrons. The second-order valence-electron chi connectivity index (χ2n) is 3.72. The summed E-state index contributed by atoms with van der Waals surface area (Å²) in [4.78, 5) is 3.88. The summed E-state index contributed by atoms with van der Waals surface area (Å²) < 4.78 is 1.74. The van der Waals surface area contributed by atoms with Gasteiger partial charge in [0.25, 0.3) is 0 Å². The summed E-state index contributed by atoms with van der Waals surface area (Å²) in [6.45, 7) is 4.92. The molecule has 4 nitrogen and oxygen atoms in total. The van der Waals surface area contributed by atoms with E-state index in [0.717, 1.165) is 0 Å². The van der Waals surface area contributed by atoms with Crippen molar-refractivity contribution in [3.8, 4) is 0 Å². The number of rotatable bonds is 2. The van der Waals surface area contributed by atoms with Crippen molar-refractivity contribution in [3.63, 3.8) is 0 Å². The van der Waals surface area contributed by atoms with Gasteiger partial charge in [0, 0.05) is 0 Å². The monoisotopic (exact) mass is 202 g/mol. The first-order chi connectivity index (χ1) is 7.15. The van der Waals surface area contributed by atoms with Crippen molar-refractivity contribution in [1.82, 2.24) is 14.8 Å². The first-order valence-electron chi connectivity index (χ1n) is 4.86. The molecule has 2 N–H and O–H groups in total. The molecule has 0 bridgehead atoms. The van der Waals surface area contributed by atoms with Gasteiger partial charge < -0.3 is 5.73 Å². The maximum atomic E-state index is 5.44. The lowest BCUT2D eigenvalue weighted by molar-refractivity contribution is 0.687. The van der Waals surface area contributed by atoms with E-state index >= 15 is 0 Å². The van der Waals surface area contributed by atoms with Crippen molar-refractivity contribution in [2.45, 2.75) is 20.4 Å². The Morgan fingerprint density at radius 1 is 1.27 bits per heavy atom. The number of hydrogen-bond acceptors (Lipinski definition) is 3. The molecule has 0 spiro atoms. The summed E-state index contributed by atoms with van der Waals surface area (Å²) in [6.07, 6.45) is 1.64. The summed E-state index contributed by atoms with van der Waals surface area (Å²) in [5.41, 5.74) is 9.25. The highest BCUT2D eigenvalue weighted by atomic mass is 15.3. The third-order valence-corrected chi connectivity index (χ3v) is 2.47. The lowest BCUT2D eigenvalue weighted by Crippen LogP contribution is -2.01. The van der Waals surface area contributed by atoms with Crippen LogP contribution in [-0.4, -0.2) is 14.8 Å². The van der Waals surface area contributed by atoms with Crippen molar-refractivity contribution in [2.24, 2.45) is 0 Å². The summed E-state index contributed by atoms with van der Waals surface area (Å²) in [5.74, 6) is 0.318. The molecule has 2 rings (SSSR count). The lowest BCUT2D eigenvalue weighted by atomic mass is 10.1. The highest BCUT2D eigenvalue weighted by Crippen LogP contribution is 2.10. The minimum Gasteiger partial charge on any atom is -0.367 e. The molecule has 0 saturated carbocycles. The lowest BCUT2D eigenvalue weighted by Gasteiger charge is -2.04. The summed E-state index contributed by atoms with van der Waals surface area (Å²) in [5, 5.41) is 4.04. The van der Waals surface area contributed by atoms with Gasteiger partial charge in [-0.2, -0.15) is 0 Å².